The minimum absolute atomic E-state index is 0.174. The zero-order chi connectivity index (χ0) is 20.8. The van der Waals surface area contributed by atoms with Crippen LogP contribution in [0.15, 0.2) is 102 Å². The number of nitrogens with zero attached hydrogens (tertiary/aromatic N) is 1. The first-order valence-electron chi connectivity index (χ1n) is 10.1. The van der Waals surface area contributed by atoms with Gasteiger partial charge in [-0.3, -0.25) is 0 Å². The van der Waals surface area contributed by atoms with Crippen molar-refractivity contribution < 1.29 is 0 Å². The standard InChI is InChI=1S/C26H26N4/c1-19-3-5-21(6-4-19)28-23-11-13-25(14-12-23)30-26-17-15-24(16-18-26)29-22-9-7-20(27-2)8-10-22/h3-18,23,27-29H,1-2H3. The molecule has 1 aliphatic carbocycles. The predicted molar refractivity (Wildman–Crippen MR) is 130 cm³/mol. The highest BCUT2D eigenvalue weighted by molar-refractivity contribution is 6.06. The lowest BCUT2D eigenvalue weighted by molar-refractivity contribution is 1.10. The van der Waals surface area contributed by atoms with Gasteiger partial charge in [-0.05, 0) is 79.7 Å². The molecule has 0 saturated carbocycles. The SMILES string of the molecule is CNc1ccc(Nc2ccc(N=C3C=CC(Nc4ccc(C)cc4)C=C3)cc2)cc1. The molecule has 0 fully saturated rings. The Hall–Kier alpha value is -3.79. The molecule has 4 heteroatoms. The molecule has 0 spiro atoms. The van der Waals surface area contributed by atoms with Gasteiger partial charge in [0.25, 0.3) is 0 Å². The zero-order valence-electron chi connectivity index (χ0n) is 17.3. The van der Waals surface area contributed by atoms with E-state index >= 15 is 0 Å². The van der Waals surface area contributed by atoms with Gasteiger partial charge in [-0.25, -0.2) is 4.99 Å². The van der Waals surface area contributed by atoms with E-state index in [-0.39, 0.29) is 6.04 Å². The highest BCUT2D eigenvalue weighted by Gasteiger charge is 2.06. The molecular weight excluding hydrogens is 368 g/mol. The molecule has 0 bridgehead atoms. The Bertz CT molecular complexity index is 1040. The fourth-order valence-electron chi connectivity index (χ4n) is 3.19. The number of hydrogen-bond acceptors (Lipinski definition) is 4. The van der Waals surface area contributed by atoms with Crippen molar-refractivity contribution in [1.29, 1.82) is 0 Å². The Kier molecular flexibility index (Phi) is 5.95. The molecule has 150 valence electrons. The lowest BCUT2D eigenvalue weighted by Crippen LogP contribution is -2.17. The summed E-state index contributed by atoms with van der Waals surface area (Å²) in [5.41, 5.74) is 7.44. The summed E-state index contributed by atoms with van der Waals surface area (Å²) in [6.07, 6.45) is 8.37. The number of nitrogens with one attached hydrogen (secondary N) is 3. The Morgan fingerprint density at radius 3 is 1.80 bits per heavy atom. The number of benzene rings is 3. The third-order valence-corrected chi connectivity index (χ3v) is 4.92. The first kappa shape index (κ1) is 19.5. The maximum Gasteiger partial charge on any atom is 0.0638 e. The van der Waals surface area contributed by atoms with E-state index in [1.54, 1.807) is 0 Å². The van der Waals surface area contributed by atoms with Crippen LogP contribution in [0.25, 0.3) is 0 Å². The molecule has 30 heavy (non-hydrogen) atoms. The topological polar surface area (TPSA) is 48.5 Å². The molecule has 0 radical (unpaired) electrons. The van der Waals surface area contributed by atoms with Crippen molar-refractivity contribution >= 4 is 34.1 Å². The molecule has 1 aliphatic rings. The fourth-order valence-corrected chi connectivity index (χ4v) is 3.19. The van der Waals surface area contributed by atoms with Crippen molar-refractivity contribution in [1.82, 2.24) is 0 Å². The van der Waals surface area contributed by atoms with Crippen LogP contribution in [0.1, 0.15) is 5.56 Å². The number of hydrogen-bond donors (Lipinski definition) is 3. The Morgan fingerprint density at radius 2 is 1.20 bits per heavy atom. The fraction of sp³-hybridized carbons (Fsp3) is 0.115. The average molecular weight is 395 g/mol. The van der Waals surface area contributed by atoms with Crippen LogP contribution in [0.3, 0.4) is 0 Å². The lowest BCUT2D eigenvalue weighted by atomic mass is 10.1. The smallest absolute Gasteiger partial charge is 0.0638 e. The summed E-state index contributed by atoms with van der Waals surface area (Å²) in [7, 11) is 1.92. The van der Waals surface area contributed by atoms with Crippen molar-refractivity contribution in [3.63, 3.8) is 0 Å². The number of aryl methyl sites for hydroxylation is 1. The molecule has 0 saturated heterocycles. The average Bonchev–Trinajstić information content (AvgIpc) is 2.78. The van der Waals surface area contributed by atoms with Gasteiger partial charge in [0, 0.05) is 29.8 Å². The Labute approximate surface area is 178 Å². The summed E-state index contributed by atoms with van der Waals surface area (Å²) < 4.78 is 0. The molecular formula is C26H26N4. The molecule has 0 atom stereocenters. The minimum atomic E-state index is 0.174. The van der Waals surface area contributed by atoms with Crippen molar-refractivity contribution in [3.05, 3.63) is 103 Å². The molecule has 0 unspecified atom stereocenters. The van der Waals surface area contributed by atoms with Crippen LogP contribution in [-0.2, 0) is 0 Å². The van der Waals surface area contributed by atoms with Crippen LogP contribution in [-0.4, -0.2) is 18.8 Å². The van der Waals surface area contributed by atoms with Gasteiger partial charge < -0.3 is 16.0 Å². The van der Waals surface area contributed by atoms with Gasteiger partial charge in [-0.1, -0.05) is 29.8 Å². The molecule has 0 amide bonds. The zero-order valence-corrected chi connectivity index (χ0v) is 17.3. The summed E-state index contributed by atoms with van der Waals surface area (Å²) in [4.78, 5) is 4.72. The highest BCUT2D eigenvalue weighted by Crippen LogP contribution is 2.22. The van der Waals surface area contributed by atoms with E-state index in [1.165, 1.54) is 5.56 Å². The lowest BCUT2D eigenvalue weighted by Gasteiger charge is -2.15. The van der Waals surface area contributed by atoms with Crippen molar-refractivity contribution in [3.8, 4) is 0 Å². The summed E-state index contributed by atoms with van der Waals surface area (Å²) in [5.74, 6) is 0. The third-order valence-electron chi connectivity index (χ3n) is 4.92. The monoisotopic (exact) mass is 394 g/mol. The van der Waals surface area contributed by atoms with Crippen LogP contribution in [0.4, 0.5) is 28.4 Å². The minimum Gasteiger partial charge on any atom is -0.388 e. The number of aliphatic imine (C=N–C) groups is 1. The van der Waals surface area contributed by atoms with E-state index in [9.17, 15) is 0 Å². The largest absolute Gasteiger partial charge is 0.388 e. The second-order valence-electron chi connectivity index (χ2n) is 7.29. The van der Waals surface area contributed by atoms with Crippen LogP contribution < -0.4 is 16.0 Å². The second-order valence-corrected chi connectivity index (χ2v) is 7.29. The van der Waals surface area contributed by atoms with Gasteiger partial charge in [0.2, 0.25) is 0 Å². The van der Waals surface area contributed by atoms with Crippen molar-refractivity contribution in [2.45, 2.75) is 13.0 Å². The first-order valence-corrected chi connectivity index (χ1v) is 10.1. The Balaban J connectivity index is 1.35. The normalized spacial score (nSPS) is 15.0. The van der Waals surface area contributed by atoms with Crippen molar-refractivity contribution in [2.24, 2.45) is 4.99 Å². The maximum absolute atomic E-state index is 4.72. The van der Waals surface area contributed by atoms with Gasteiger partial charge in [0.15, 0.2) is 0 Å². The third kappa shape index (κ3) is 5.17. The number of allylic oxidation sites excluding steroid dienone is 2. The predicted octanol–water partition coefficient (Wildman–Crippen LogP) is 6.46. The van der Waals surface area contributed by atoms with E-state index < -0.39 is 0 Å². The van der Waals surface area contributed by atoms with Crippen LogP contribution in [0.5, 0.6) is 0 Å². The van der Waals surface area contributed by atoms with Crippen LogP contribution >= 0.6 is 0 Å². The maximum atomic E-state index is 4.72. The van der Waals surface area contributed by atoms with Gasteiger partial charge >= 0.3 is 0 Å². The summed E-state index contributed by atoms with van der Waals surface area (Å²) in [6.45, 7) is 2.09. The molecule has 3 aromatic carbocycles. The second kappa shape index (κ2) is 9.14. The summed E-state index contributed by atoms with van der Waals surface area (Å²) >= 11 is 0. The van der Waals surface area contributed by atoms with Gasteiger partial charge in [0.1, 0.15) is 0 Å². The number of rotatable bonds is 6. The molecule has 4 rings (SSSR count). The molecule has 4 nitrogen and oxygen atoms in total. The molecule has 0 heterocycles. The van der Waals surface area contributed by atoms with E-state index in [0.29, 0.717) is 0 Å². The number of anilines is 4. The van der Waals surface area contributed by atoms with E-state index in [4.69, 9.17) is 4.99 Å². The molecule has 3 N–H and O–H groups in total. The summed E-state index contributed by atoms with van der Waals surface area (Å²) in [5, 5.41) is 10.0. The Morgan fingerprint density at radius 1 is 0.667 bits per heavy atom. The van der Waals surface area contributed by atoms with E-state index in [1.807, 2.05) is 43.4 Å². The molecule has 0 aliphatic heterocycles. The van der Waals surface area contributed by atoms with E-state index in [0.717, 1.165) is 34.1 Å². The van der Waals surface area contributed by atoms with Crippen LogP contribution in [0.2, 0.25) is 0 Å². The van der Waals surface area contributed by atoms with Crippen LogP contribution in [0, 0.1) is 6.92 Å². The molecule has 3 aromatic rings. The van der Waals surface area contributed by atoms with Gasteiger partial charge in [-0.15, -0.1) is 0 Å². The quantitative estimate of drug-likeness (QED) is 0.450. The molecule has 0 aromatic heterocycles. The summed E-state index contributed by atoms with van der Waals surface area (Å²) in [6, 6.07) is 24.9. The van der Waals surface area contributed by atoms with Gasteiger partial charge in [0.05, 0.1) is 17.4 Å². The van der Waals surface area contributed by atoms with Crippen molar-refractivity contribution in [2.75, 3.05) is 23.0 Å². The highest BCUT2D eigenvalue weighted by atomic mass is 14.9. The first-order chi connectivity index (χ1) is 14.7. The van der Waals surface area contributed by atoms with E-state index in [2.05, 4.69) is 83.6 Å². The van der Waals surface area contributed by atoms with Gasteiger partial charge in [-0.2, -0.15) is 0 Å².